The highest BCUT2D eigenvalue weighted by Crippen LogP contribution is 2.35. The van der Waals surface area contributed by atoms with Crippen LogP contribution in [0.2, 0.25) is 0 Å². The molecule has 1 aliphatic heterocycles. The van der Waals surface area contributed by atoms with E-state index in [2.05, 4.69) is 5.32 Å². The van der Waals surface area contributed by atoms with Gasteiger partial charge in [-0.25, -0.2) is 4.79 Å². The van der Waals surface area contributed by atoms with Crippen LogP contribution in [-0.4, -0.2) is 16.8 Å². The third-order valence-corrected chi connectivity index (χ3v) is 5.07. The summed E-state index contributed by atoms with van der Waals surface area (Å²) in [6, 6.07) is 21.4. The molecule has 3 aromatic carbocycles. The highest BCUT2D eigenvalue weighted by molar-refractivity contribution is 5.99. The molecule has 0 radical (unpaired) electrons. The summed E-state index contributed by atoms with van der Waals surface area (Å²) in [6.45, 7) is 0. The van der Waals surface area contributed by atoms with Gasteiger partial charge in [-0.3, -0.25) is 14.9 Å². The predicted octanol–water partition coefficient (Wildman–Crippen LogP) is 4.37. The fraction of sp³-hybridized carbons (Fsp3) is 0.130. The lowest BCUT2D eigenvalue weighted by Crippen LogP contribution is -2.23. The second-order valence-electron chi connectivity index (χ2n) is 6.96. The number of carbonyl (C=O) groups is 2. The van der Waals surface area contributed by atoms with Crippen molar-refractivity contribution in [1.29, 1.82) is 0 Å². The second kappa shape index (κ2) is 8.16. The molecule has 0 unspecified atom stereocenters. The highest BCUT2D eigenvalue weighted by atomic mass is 16.6. The standard InChI is InChI=1S/C23H18N2O5/c26-22-19-9-5-4-8-18(19)20(24-22)14-21(15-10-12-17(13-11-15)25(28)29)30-23(27)16-6-2-1-3-7-16/h1-13,20-21H,14H2,(H,24,26)/t20-,21-/m0/s1. The van der Waals surface area contributed by atoms with Crippen molar-refractivity contribution in [3.05, 3.63) is 111 Å². The van der Waals surface area contributed by atoms with Crippen LogP contribution in [0.15, 0.2) is 78.9 Å². The minimum Gasteiger partial charge on any atom is -0.454 e. The van der Waals surface area contributed by atoms with Gasteiger partial charge in [0.15, 0.2) is 0 Å². The summed E-state index contributed by atoms with van der Waals surface area (Å²) in [5.41, 5.74) is 2.40. The normalized spacial score (nSPS) is 15.7. The maximum atomic E-state index is 12.7. The van der Waals surface area contributed by atoms with E-state index >= 15 is 0 Å². The van der Waals surface area contributed by atoms with Crippen LogP contribution in [-0.2, 0) is 4.74 Å². The van der Waals surface area contributed by atoms with Crippen molar-refractivity contribution in [3.63, 3.8) is 0 Å². The molecule has 7 nitrogen and oxygen atoms in total. The third kappa shape index (κ3) is 3.91. The highest BCUT2D eigenvalue weighted by Gasteiger charge is 2.32. The zero-order chi connectivity index (χ0) is 21.1. The first kappa shape index (κ1) is 19.3. The summed E-state index contributed by atoms with van der Waals surface area (Å²) in [6.07, 6.45) is -0.394. The molecule has 0 aromatic heterocycles. The molecule has 0 spiro atoms. The van der Waals surface area contributed by atoms with Crippen LogP contribution in [0.25, 0.3) is 0 Å². The van der Waals surface area contributed by atoms with E-state index in [-0.39, 0.29) is 17.6 Å². The zero-order valence-corrected chi connectivity index (χ0v) is 15.9. The van der Waals surface area contributed by atoms with Crippen LogP contribution in [0.3, 0.4) is 0 Å². The molecule has 0 saturated carbocycles. The summed E-state index contributed by atoms with van der Waals surface area (Å²) >= 11 is 0. The van der Waals surface area contributed by atoms with Gasteiger partial charge in [-0.15, -0.1) is 0 Å². The summed E-state index contributed by atoms with van der Waals surface area (Å²) < 4.78 is 5.78. The number of nitrogens with one attached hydrogen (secondary N) is 1. The van der Waals surface area contributed by atoms with Crippen LogP contribution in [0.5, 0.6) is 0 Å². The minimum atomic E-state index is -0.699. The van der Waals surface area contributed by atoms with E-state index in [0.717, 1.165) is 5.56 Å². The fourth-order valence-corrected chi connectivity index (χ4v) is 3.56. The van der Waals surface area contributed by atoms with Gasteiger partial charge in [0.1, 0.15) is 6.10 Å². The van der Waals surface area contributed by atoms with E-state index in [1.165, 1.54) is 12.1 Å². The number of hydrogen-bond donors (Lipinski definition) is 1. The Labute approximate surface area is 172 Å². The first-order chi connectivity index (χ1) is 14.5. The van der Waals surface area contributed by atoms with E-state index in [0.29, 0.717) is 23.1 Å². The maximum Gasteiger partial charge on any atom is 0.338 e. The molecule has 1 amide bonds. The summed E-state index contributed by atoms with van der Waals surface area (Å²) in [5.74, 6) is -0.677. The van der Waals surface area contributed by atoms with E-state index in [9.17, 15) is 19.7 Å². The van der Waals surface area contributed by atoms with Crippen LogP contribution < -0.4 is 5.32 Å². The van der Waals surface area contributed by atoms with Gasteiger partial charge in [-0.1, -0.05) is 36.4 Å². The van der Waals surface area contributed by atoms with E-state index in [1.807, 2.05) is 12.1 Å². The van der Waals surface area contributed by atoms with Gasteiger partial charge >= 0.3 is 5.97 Å². The monoisotopic (exact) mass is 402 g/mol. The number of hydrogen-bond acceptors (Lipinski definition) is 5. The van der Waals surface area contributed by atoms with Crippen LogP contribution >= 0.6 is 0 Å². The Kier molecular flexibility index (Phi) is 5.26. The molecule has 1 N–H and O–H groups in total. The first-order valence-electron chi connectivity index (χ1n) is 9.43. The zero-order valence-electron chi connectivity index (χ0n) is 15.9. The molecule has 0 bridgehead atoms. The number of nitro groups is 1. The lowest BCUT2D eigenvalue weighted by molar-refractivity contribution is -0.384. The third-order valence-electron chi connectivity index (χ3n) is 5.07. The van der Waals surface area contributed by atoms with E-state index in [1.54, 1.807) is 54.6 Å². The van der Waals surface area contributed by atoms with Crippen molar-refractivity contribution >= 4 is 17.6 Å². The topological polar surface area (TPSA) is 98.5 Å². The quantitative estimate of drug-likeness (QED) is 0.375. The van der Waals surface area contributed by atoms with Crippen LogP contribution in [0.4, 0.5) is 5.69 Å². The molecule has 0 fully saturated rings. The van der Waals surface area contributed by atoms with Crippen molar-refractivity contribution in [1.82, 2.24) is 5.32 Å². The predicted molar refractivity (Wildman–Crippen MR) is 109 cm³/mol. The number of carbonyl (C=O) groups excluding carboxylic acids is 2. The Bertz CT molecular complexity index is 1100. The lowest BCUT2D eigenvalue weighted by atomic mass is 9.96. The summed E-state index contributed by atoms with van der Waals surface area (Å²) in [5, 5.41) is 13.9. The largest absolute Gasteiger partial charge is 0.454 e. The van der Waals surface area contributed by atoms with Gasteiger partial charge < -0.3 is 10.1 Å². The number of nitrogens with zero attached hydrogens (tertiary/aromatic N) is 1. The number of rotatable bonds is 6. The molecule has 0 saturated heterocycles. The maximum absolute atomic E-state index is 12.7. The SMILES string of the molecule is O=C(O[C@@H](C[C@@H]1NC(=O)c2ccccc21)c1ccc([N+](=O)[O-])cc1)c1ccccc1. The Balaban J connectivity index is 1.63. The first-order valence-corrected chi connectivity index (χ1v) is 9.43. The molecule has 4 rings (SSSR count). The average molecular weight is 402 g/mol. The Morgan fingerprint density at radius 1 is 1.00 bits per heavy atom. The van der Waals surface area contributed by atoms with Gasteiger partial charge in [-0.05, 0) is 41.5 Å². The van der Waals surface area contributed by atoms with E-state index < -0.39 is 17.0 Å². The molecular weight excluding hydrogens is 384 g/mol. The molecular formula is C23H18N2O5. The summed E-state index contributed by atoms with van der Waals surface area (Å²) in [7, 11) is 0. The molecule has 7 heteroatoms. The van der Waals surface area contributed by atoms with Crippen molar-refractivity contribution in [2.75, 3.05) is 0 Å². The van der Waals surface area contributed by atoms with Gasteiger partial charge in [0.05, 0.1) is 16.5 Å². The van der Waals surface area contributed by atoms with Crippen molar-refractivity contribution in [2.45, 2.75) is 18.6 Å². The number of benzene rings is 3. The molecule has 30 heavy (non-hydrogen) atoms. The Hall–Kier alpha value is -4.00. The molecule has 0 aliphatic carbocycles. The lowest BCUT2D eigenvalue weighted by Gasteiger charge is -2.22. The number of non-ortho nitro benzene ring substituents is 1. The summed E-state index contributed by atoms with van der Waals surface area (Å²) in [4.78, 5) is 35.4. The van der Waals surface area contributed by atoms with Gasteiger partial charge in [0, 0.05) is 24.1 Å². The van der Waals surface area contributed by atoms with Gasteiger partial charge in [-0.2, -0.15) is 0 Å². The average Bonchev–Trinajstić information content (AvgIpc) is 3.09. The Morgan fingerprint density at radius 3 is 2.37 bits per heavy atom. The second-order valence-corrected chi connectivity index (χ2v) is 6.96. The number of esters is 1. The van der Waals surface area contributed by atoms with Crippen molar-refractivity contribution in [2.24, 2.45) is 0 Å². The smallest absolute Gasteiger partial charge is 0.338 e. The number of ether oxygens (including phenoxy) is 1. The van der Waals surface area contributed by atoms with E-state index in [4.69, 9.17) is 4.74 Å². The number of nitro benzene ring substituents is 1. The molecule has 1 aliphatic rings. The van der Waals surface area contributed by atoms with Crippen LogP contribution in [0.1, 0.15) is 50.4 Å². The molecule has 150 valence electrons. The fourth-order valence-electron chi connectivity index (χ4n) is 3.56. The van der Waals surface area contributed by atoms with Crippen molar-refractivity contribution in [3.8, 4) is 0 Å². The molecule has 3 aromatic rings. The van der Waals surface area contributed by atoms with Gasteiger partial charge in [0.25, 0.3) is 11.6 Å². The molecule has 2 atom stereocenters. The minimum absolute atomic E-state index is 0.0496. The number of fused-ring (bicyclic) bond motifs is 1. The number of amides is 1. The Morgan fingerprint density at radius 2 is 1.67 bits per heavy atom. The molecule has 1 heterocycles. The van der Waals surface area contributed by atoms with Crippen molar-refractivity contribution < 1.29 is 19.2 Å². The van der Waals surface area contributed by atoms with Gasteiger partial charge in [0.2, 0.25) is 0 Å². The van der Waals surface area contributed by atoms with Crippen LogP contribution in [0, 0.1) is 10.1 Å².